The molecule has 3 aromatic heterocycles. The maximum Gasteiger partial charge on any atom is 0.255 e. The monoisotopic (exact) mass is 394 g/mol. The highest BCUT2D eigenvalue weighted by Gasteiger charge is 2.10. The van der Waals surface area contributed by atoms with Gasteiger partial charge in [-0.05, 0) is 56.3 Å². The molecule has 5 rings (SSSR count). The number of nitrogens with zero attached hydrogens (tertiary/aromatic N) is 5. The van der Waals surface area contributed by atoms with E-state index in [0.717, 1.165) is 33.8 Å². The Kier molecular flexibility index (Phi) is 4.21. The summed E-state index contributed by atoms with van der Waals surface area (Å²) in [7, 11) is 0. The normalized spacial score (nSPS) is 11.1. The van der Waals surface area contributed by atoms with Crippen LogP contribution in [0.5, 0.6) is 0 Å². The number of carbonyl (C=O) groups excluding carboxylic acids is 1. The van der Waals surface area contributed by atoms with E-state index in [-0.39, 0.29) is 5.91 Å². The molecular formula is C23H18N6O. The van der Waals surface area contributed by atoms with E-state index in [1.54, 1.807) is 24.7 Å². The van der Waals surface area contributed by atoms with Crippen molar-refractivity contribution in [2.75, 3.05) is 5.32 Å². The second-order valence-electron chi connectivity index (χ2n) is 7.06. The molecule has 2 aromatic carbocycles. The van der Waals surface area contributed by atoms with Gasteiger partial charge in [0.15, 0.2) is 0 Å². The first kappa shape index (κ1) is 17.9. The number of benzene rings is 2. The fraction of sp³-hybridized carbons (Fsp3) is 0.0870. The average Bonchev–Trinajstić information content (AvgIpc) is 3.19. The van der Waals surface area contributed by atoms with Crippen molar-refractivity contribution in [1.29, 1.82) is 0 Å². The zero-order valence-electron chi connectivity index (χ0n) is 16.5. The minimum absolute atomic E-state index is 0.223. The molecule has 146 valence electrons. The van der Waals surface area contributed by atoms with Crippen LogP contribution in [0, 0.1) is 13.8 Å². The van der Waals surface area contributed by atoms with E-state index >= 15 is 0 Å². The Hall–Kier alpha value is -4.13. The number of para-hydroxylation sites is 2. The van der Waals surface area contributed by atoms with Crippen molar-refractivity contribution in [3.8, 4) is 5.82 Å². The standard InChI is InChI=1S/C23H18N6O/c1-14-15(2)27-20-11-16(7-9-18(20)26-14)23(30)28-17-8-10-22(24-12-17)29-13-25-19-5-3-4-6-21(19)29/h3-13H,1-2H3,(H,28,30). The van der Waals surface area contributed by atoms with E-state index < -0.39 is 0 Å². The van der Waals surface area contributed by atoms with Crippen LogP contribution in [0.15, 0.2) is 67.1 Å². The SMILES string of the molecule is Cc1nc2ccc(C(=O)Nc3ccc(-n4cnc5ccccc54)nc3)cc2nc1C. The summed E-state index contributed by atoms with van der Waals surface area (Å²) in [5.41, 5.74) is 6.22. The van der Waals surface area contributed by atoms with Gasteiger partial charge in [-0.2, -0.15) is 0 Å². The number of nitrogens with one attached hydrogen (secondary N) is 1. The molecule has 0 aliphatic carbocycles. The number of imidazole rings is 1. The molecule has 0 saturated heterocycles. The van der Waals surface area contributed by atoms with Crippen molar-refractivity contribution in [2.45, 2.75) is 13.8 Å². The number of anilines is 1. The van der Waals surface area contributed by atoms with Gasteiger partial charge in [0.2, 0.25) is 0 Å². The second kappa shape index (κ2) is 7.04. The summed E-state index contributed by atoms with van der Waals surface area (Å²) in [5.74, 6) is 0.507. The van der Waals surface area contributed by atoms with Crippen molar-refractivity contribution < 1.29 is 4.79 Å². The third-order valence-electron chi connectivity index (χ3n) is 5.04. The fourth-order valence-corrected chi connectivity index (χ4v) is 3.32. The quantitative estimate of drug-likeness (QED) is 0.495. The van der Waals surface area contributed by atoms with Crippen LogP contribution in [0.1, 0.15) is 21.7 Å². The van der Waals surface area contributed by atoms with Crippen LogP contribution in [0.2, 0.25) is 0 Å². The van der Waals surface area contributed by atoms with E-state index in [0.29, 0.717) is 16.8 Å². The van der Waals surface area contributed by atoms with Crippen molar-refractivity contribution in [1.82, 2.24) is 24.5 Å². The third kappa shape index (κ3) is 3.16. The predicted octanol–water partition coefficient (Wildman–Crippen LogP) is 4.23. The Bertz CT molecular complexity index is 1400. The molecule has 0 bridgehead atoms. The van der Waals surface area contributed by atoms with Gasteiger partial charge >= 0.3 is 0 Å². The zero-order chi connectivity index (χ0) is 20.7. The highest BCUT2D eigenvalue weighted by molar-refractivity contribution is 6.05. The number of fused-ring (bicyclic) bond motifs is 2. The molecule has 0 aliphatic rings. The number of amides is 1. The van der Waals surface area contributed by atoms with E-state index in [4.69, 9.17) is 0 Å². The highest BCUT2D eigenvalue weighted by atomic mass is 16.1. The van der Waals surface area contributed by atoms with Crippen molar-refractivity contribution in [3.63, 3.8) is 0 Å². The largest absolute Gasteiger partial charge is 0.321 e. The number of hydrogen-bond acceptors (Lipinski definition) is 5. The first-order valence-corrected chi connectivity index (χ1v) is 9.53. The van der Waals surface area contributed by atoms with Gasteiger partial charge in [0.05, 0.1) is 45.3 Å². The Labute approximate surface area is 172 Å². The Balaban J connectivity index is 1.39. The summed E-state index contributed by atoms with van der Waals surface area (Å²) in [6.45, 7) is 3.83. The molecule has 1 N–H and O–H groups in total. The summed E-state index contributed by atoms with van der Waals surface area (Å²) < 4.78 is 1.91. The molecule has 0 aliphatic heterocycles. The minimum Gasteiger partial charge on any atom is -0.321 e. The van der Waals surface area contributed by atoms with Crippen LogP contribution in [0.3, 0.4) is 0 Å². The lowest BCUT2D eigenvalue weighted by atomic mass is 10.1. The number of aryl methyl sites for hydroxylation is 2. The summed E-state index contributed by atoms with van der Waals surface area (Å²) >= 11 is 0. The summed E-state index contributed by atoms with van der Waals surface area (Å²) in [5, 5.41) is 2.88. The van der Waals surface area contributed by atoms with Crippen molar-refractivity contribution >= 4 is 33.7 Å². The van der Waals surface area contributed by atoms with Gasteiger partial charge in [0, 0.05) is 5.56 Å². The molecule has 5 aromatic rings. The zero-order valence-corrected chi connectivity index (χ0v) is 16.5. The van der Waals surface area contributed by atoms with Crippen LogP contribution in [0.25, 0.3) is 27.9 Å². The smallest absolute Gasteiger partial charge is 0.255 e. The first-order valence-electron chi connectivity index (χ1n) is 9.53. The number of aromatic nitrogens is 5. The van der Waals surface area contributed by atoms with E-state index in [2.05, 4.69) is 25.3 Å². The van der Waals surface area contributed by atoms with E-state index in [1.165, 1.54) is 0 Å². The molecule has 0 radical (unpaired) electrons. The van der Waals surface area contributed by atoms with Crippen LogP contribution in [-0.4, -0.2) is 30.4 Å². The maximum atomic E-state index is 12.7. The third-order valence-corrected chi connectivity index (χ3v) is 5.04. The van der Waals surface area contributed by atoms with Crippen LogP contribution < -0.4 is 5.32 Å². The Morgan fingerprint density at radius 1 is 0.867 bits per heavy atom. The van der Waals surface area contributed by atoms with Crippen molar-refractivity contribution in [3.05, 3.63) is 84.1 Å². The topological polar surface area (TPSA) is 85.6 Å². The predicted molar refractivity (Wildman–Crippen MR) is 116 cm³/mol. The molecule has 1 amide bonds. The average molecular weight is 394 g/mol. The van der Waals surface area contributed by atoms with Gasteiger partial charge in [0.25, 0.3) is 5.91 Å². The lowest BCUT2D eigenvalue weighted by Gasteiger charge is -2.08. The molecule has 7 heteroatoms. The van der Waals surface area contributed by atoms with Crippen LogP contribution in [0.4, 0.5) is 5.69 Å². The van der Waals surface area contributed by atoms with Crippen molar-refractivity contribution in [2.24, 2.45) is 0 Å². The maximum absolute atomic E-state index is 12.7. The minimum atomic E-state index is -0.223. The number of carbonyl (C=O) groups is 1. The van der Waals surface area contributed by atoms with E-state index in [9.17, 15) is 4.79 Å². The summed E-state index contributed by atoms with van der Waals surface area (Å²) in [4.78, 5) is 30.6. The van der Waals surface area contributed by atoms with Gasteiger partial charge in [-0.3, -0.25) is 9.36 Å². The highest BCUT2D eigenvalue weighted by Crippen LogP contribution is 2.19. The second-order valence-corrected chi connectivity index (χ2v) is 7.06. The van der Waals surface area contributed by atoms with Gasteiger partial charge in [-0.25, -0.2) is 19.9 Å². The van der Waals surface area contributed by atoms with Gasteiger partial charge in [-0.1, -0.05) is 12.1 Å². The van der Waals surface area contributed by atoms with Gasteiger partial charge < -0.3 is 5.32 Å². The Morgan fingerprint density at radius 3 is 2.47 bits per heavy atom. The van der Waals surface area contributed by atoms with Crippen LogP contribution in [-0.2, 0) is 0 Å². The van der Waals surface area contributed by atoms with E-state index in [1.807, 2.05) is 60.9 Å². The fourth-order valence-electron chi connectivity index (χ4n) is 3.32. The molecule has 0 spiro atoms. The lowest BCUT2D eigenvalue weighted by Crippen LogP contribution is -2.12. The molecule has 0 fully saturated rings. The lowest BCUT2D eigenvalue weighted by molar-refractivity contribution is 0.102. The molecular weight excluding hydrogens is 376 g/mol. The molecule has 0 atom stereocenters. The summed E-state index contributed by atoms with van der Waals surface area (Å²) in [6.07, 6.45) is 3.38. The molecule has 7 nitrogen and oxygen atoms in total. The molecule has 3 heterocycles. The number of rotatable bonds is 3. The van der Waals surface area contributed by atoms with Crippen LogP contribution >= 0.6 is 0 Å². The number of hydrogen-bond donors (Lipinski definition) is 1. The Morgan fingerprint density at radius 2 is 1.67 bits per heavy atom. The number of pyridine rings is 1. The first-order chi connectivity index (χ1) is 14.6. The molecule has 0 saturated carbocycles. The summed E-state index contributed by atoms with van der Waals surface area (Å²) in [6, 6.07) is 16.9. The van der Waals surface area contributed by atoms with Gasteiger partial charge in [0.1, 0.15) is 12.1 Å². The van der Waals surface area contributed by atoms with Gasteiger partial charge in [-0.15, -0.1) is 0 Å². The molecule has 30 heavy (non-hydrogen) atoms. The molecule has 0 unspecified atom stereocenters.